The molecule has 1 fully saturated rings. The third-order valence-electron chi connectivity index (χ3n) is 2.65. The number of nitrogens with zero attached hydrogens (tertiary/aromatic N) is 1. The van der Waals surface area contributed by atoms with E-state index in [9.17, 15) is 22.8 Å². The fourth-order valence-corrected chi connectivity index (χ4v) is 2.99. The molecule has 2 amide bonds. The van der Waals surface area contributed by atoms with Gasteiger partial charge < -0.3 is 10.4 Å². The predicted molar refractivity (Wildman–Crippen MR) is 63.8 cm³/mol. The molecule has 19 heavy (non-hydrogen) atoms. The summed E-state index contributed by atoms with van der Waals surface area (Å²) in [7, 11) is 0. The van der Waals surface area contributed by atoms with Crippen LogP contribution in [0.4, 0.5) is 18.0 Å². The number of halogens is 3. The van der Waals surface area contributed by atoms with E-state index in [2.05, 4.69) is 5.32 Å². The lowest BCUT2D eigenvalue weighted by molar-refractivity contribution is -0.142. The summed E-state index contributed by atoms with van der Waals surface area (Å²) in [6.07, 6.45) is -5.52. The van der Waals surface area contributed by atoms with Crippen LogP contribution in [0.25, 0.3) is 0 Å². The Morgan fingerprint density at radius 1 is 1.53 bits per heavy atom. The third-order valence-corrected chi connectivity index (χ3v) is 3.87. The van der Waals surface area contributed by atoms with E-state index >= 15 is 0 Å². The molecule has 0 aromatic rings. The number of carbonyl (C=O) groups excluding carboxylic acids is 1. The van der Waals surface area contributed by atoms with Crippen molar-refractivity contribution in [1.29, 1.82) is 0 Å². The molecule has 0 bridgehead atoms. The van der Waals surface area contributed by atoms with Crippen LogP contribution in [0.1, 0.15) is 20.3 Å². The fraction of sp³-hybridized carbons (Fsp3) is 0.800. The van der Waals surface area contributed by atoms with E-state index in [-0.39, 0.29) is 11.1 Å². The zero-order valence-corrected chi connectivity index (χ0v) is 11.2. The summed E-state index contributed by atoms with van der Waals surface area (Å²) in [6.45, 7) is 2.87. The number of alkyl halides is 3. The van der Waals surface area contributed by atoms with Crippen LogP contribution in [0.3, 0.4) is 0 Å². The summed E-state index contributed by atoms with van der Waals surface area (Å²) < 4.78 is 36.5. The molecule has 0 aliphatic carbocycles. The van der Waals surface area contributed by atoms with Gasteiger partial charge >= 0.3 is 18.2 Å². The Bertz CT molecular complexity index is 364. The second kappa shape index (κ2) is 5.89. The quantitative estimate of drug-likeness (QED) is 0.835. The van der Waals surface area contributed by atoms with Crippen molar-refractivity contribution < 1.29 is 27.9 Å². The topological polar surface area (TPSA) is 69.6 Å². The number of carbonyl (C=O) groups is 2. The Balaban J connectivity index is 2.63. The Kier molecular flexibility index (Phi) is 4.94. The Labute approximate surface area is 112 Å². The van der Waals surface area contributed by atoms with Crippen LogP contribution in [0.2, 0.25) is 0 Å². The number of rotatable bonds is 3. The molecular weight excluding hydrogens is 285 g/mol. The molecule has 3 unspecified atom stereocenters. The molecule has 0 spiro atoms. The van der Waals surface area contributed by atoms with Gasteiger partial charge in [0.25, 0.3) is 0 Å². The molecule has 1 rings (SSSR count). The monoisotopic (exact) mass is 300 g/mol. The lowest BCUT2D eigenvalue weighted by Gasteiger charge is -2.27. The van der Waals surface area contributed by atoms with E-state index in [0.717, 1.165) is 4.90 Å². The van der Waals surface area contributed by atoms with Gasteiger partial charge in [-0.2, -0.15) is 13.2 Å². The van der Waals surface area contributed by atoms with Crippen molar-refractivity contribution in [2.75, 3.05) is 5.75 Å². The maximum atomic E-state index is 12.2. The van der Waals surface area contributed by atoms with Crippen LogP contribution in [0, 0.1) is 0 Å². The summed E-state index contributed by atoms with van der Waals surface area (Å²) in [5.41, 5.74) is 0. The van der Waals surface area contributed by atoms with Gasteiger partial charge in [-0.05, 0) is 13.8 Å². The number of hydrogen-bond donors (Lipinski definition) is 2. The summed E-state index contributed by atoms with van der Waals surface area (Å²) in [5, 5.41) is 10.8. The van der Waals surface area contributed by atoms with Crippen molar-refractivity contribution in [3.05, 3.63) is 0 Å². The van der Waals surface area contributed by atoms with Gasteiger partial charge in [0.1, 0.15) is 6.04 Å². The number of aliphatic carboxylic acids is 1. The Morgan fingerprint density at radius 3 is 2.58 bits per heavy atom. The second-order valence-electron chi connectivity index (χ2n) is 4.36. The highest BCUT2D eigenvalue weighted by molar-refractivity contribution is 8.00. The minimum absolute atomic E-state index is 0.234. The molecule has 1 aliphatic heterocycles. The summed E-state index contributed by atoms with van der Waals surface area (Å²) in [5.74, 6) is -0.923. The first-order chi connectivity index (χ1) is 8.61. The smallest absolute Gasteiger partial charge is 0.391 e. The minimum atomic E-state index is -4.37. The molecule has 9 heteroatoms. The predicted octanol–water partition coefficient (Wildman–Crippen LogP) is 1.88. The van der Waals surface area contributed by atoms with Crippen LogP contribution in [-0.4, -0.2) is 51.4 Å². The van der Waals surface area contributed by atoms with Crippen molar-refractivity contribution in [2.24, 2.45) is 0 Å². The first-order valence-corrected chi connectivity index (χ1v) is 6.66. The second-order valence-corrected chi connectivity index (χ2v) is 5.71. The number of nitrogens with one attached hydrogen (secondary N) is 1. The van der Waals surface area contributed by atoms with E-state index < -0.39 is 36.7 Å². The molecular formula is C10H15F3N2O3S. The van der Waals surface area contributed by atoms with Gasteiger partial charge in [-0.15, -0.1) is 11.8 Å². The molecule has 1 saturated heterocycles. The van der Waals surface area contributed by atoms with Crippen molar-refractivity contribution in [1.82, 2.24) is 10.2 Å². The van der Waals surface area contributed by atoms with Crippen molar-refractivity contribution in [2.45, 2.75) is 43.9 Å². The molecule has 5 nitrogen and oxygen atoms in total. The first kappa shape index (κ1) is 15.9. The van der Waals surface area contributed by atoms with Gasteiger partial charge in [-0.3, -0.25) is 4.90 Å². The number of hydrogen-bond acceptors (Lipinski definition) is 3. The SMILES string of the molecule is CC(CC(F)(F)F)NC(=O)N1C(C)SCC1C(=O)O. The van der Waals surface area contributed by atoms with E-state index in [1.807, 2.05) is 0 Å². The number of amides is 2. The average molecular weight is 300 g/mol. The largest absolute Gasteiger partial charge is 0.480 e. The number of urea groups is 1. The zero-order chi connectivity index (χ0) is 14.8. The van der Waals surface area contributed by atoms with Gasteiger partial charge in [0.2, 0.25) is 0 Å². The molecule has 2 N–H and O–H groups in total. The van der Waals surface area contributed by atoms with Crippen LogP contribution in [-0.2, 0) is 4.79 Å². The highest BCUT2D eigenvalue weighted by atomic mass is 32.2. The standard InChI is InChI=1S/C10H15F3N2O3S/c1-5(3-10(11,12)13)14-9(18)15-6(2)19-4-7(15)8(16)17/h5-7H,3-4H2,1-2H3,(H,14,18)(H,16,17). The normalized spacial score (nSPS) is 25.2. The zero-order valence-electron chi connectivity index (χ0n) is 10.4. The summed E-state index contributed by atoms with van der Waals surface area (Å²) >= 11 is 1.27. The molecule has 0 saturated carbocycles. The first-order valence-electron chi connectivity index (χ1n) is 5.62. The maximum Gasteiger partial charge on any atom is 0.391 e. The highest BCUT2D eigenvalue weighted by Crippen LogP contribution is 2.29. The van der Waals surface area contributed by atoms with Crippen LogP contribution in [0.15, 0.2) is 0 Å². The van der Waals surface area contributed by atoms with Crippen LogP contribution >= 0.6 is 11.8 Å². The highest BCUT2D eigenvalue weighted by Gasteiger charge is 2.40. The maximum absolute atomic E-state index is 12.2. The fourth-order valence-electron chi connectivity index (χ4n) is 1.82. The molecule has 3 atom stereocenters. The third kappa shape index (κ3) is 4.48. The average Bonchev–Trinajstić information content (AvgIpc) is 2.56. The molecule has 110 valence electrons. The lowest BCUT2D eigenvalue weighted by atomic mass is 10.2. The van der Waals surface area contributed by atoms with Crippen molar-refractivity contribution >= 4 is 23.8 Å². The molecule has 0 radical (unpaired) electrons. The molecule has 0 aromatic heterocycles. The Morgan fingerprint density at radius 2 is 2.11 bits per heavy atom. The van der Waals surface area contributed by atoms with Gasteiger partial charge in [0.05, 0.1) is 11.8 Å². The Hall–Kier alpha value is -1.12. The number of thioether (sulfide) groups is 1. The molecule has 0 aromatic carbocycles. The lowest BCUT2D eigenvalue weighted by Crippen LogP contribution is -2.51. The van der Waals surface area contributed by atoms with E-state index in [0.29, 0.717) is 0 Å². The van der Waals surface area contributed by atoms with E-state index in [1.54, 1.807) is 6.92 Å². The van der Waals surface area contributed by atoms with Gasteiger partial charge in [-0.25, -0.2) is 9.59 Å². The van der Waals surface area contributed by atoms with Crippen molar-refractivity contribution in [3.63, 3.8) is 0 Å². The van der Waals surface area contributed by atoms with E-state index in [4.69, 9.17) is 5.11 Å². The van der Waals surface area contributed by atoms with Gasteiger partial charge in [0, 0.05) is 11.8 Å². The van der Waals surface area contributed by atoms with Crippen LogP contribution < -0.4 is 5.32 Å². The van der Waals surface area contributed by atoms with Gasteiger partial charge in [-0.1, -0.05) is 0 Å². The summed E-state index contributed by atoms with van der Waals surface area (Å²) in [6, 6.07) is -2.88. The minimum Gasteiger partial charge on any atom is -0.480 e. The number of carboxylic acid groups (broad SMARTS) is 1. The molecule has 1 heterocycles. The summed E-state index contributed by atoms with van der Waals surface area (Å²) in [4.78, 5) is 23.9. The van der Waals surface area contributed by atoms with Crippen molar-refractivity contribution in [3.8, 4) is 0 Å². The van der Waals surface area contributed by atoms with Gasteiger partial charge in [0.15, 0.2) is 0 Å². The van der Waals surface area contributed by atoms with Crippen LogP contribution in [0.5, 0.6) is 0 Å². The molecule has 1 aliphatic rings. The number of carboxylic acids is 1. The van der Waals surface area contributed by atoms with E-state index in [1.165, 1.54) is 18.7 Å².